The van der Waals surface area contributed by atoms with Crippen LogP contribution in [0.1, 0.15) is 14.7 Å². The first-order valence-corrected chi connectivity index (χ1v) is 4.01. The number of carbonyl (C=O) groups is 1. The number of carbonyl (C=O) groups excluding carboxylic acids is 1. The summed E-state index contributed by atoms with van der Waals surface area (Å²) in [5.41, 5.74) is 0. The third kappa shape index (κ3) is 2.01. The van der Waals surface area contributed by atoms with Gasteiger partial charge in [0.25, 0.3) is 5.91 Å². The molecule has 1 rings (SSSR count). The standard InChI is InChI=1S/C6H4N2OS2/c1-4-7-2-5(11-4)6(9)8-3-10/h2H,1H3. The van der Waals surface area contributed by atoms with E-state index in [0.29, 0.717) is 4.88 Å². The molecule has 0 unspecified atom stereocenters. The van der Waals surface area contributed by atoms with E-state index in [0.717, 1.165) is 5.01 Å². The van der Waals surface area contributed by atoms with Crippen LogP contribution < -0.4 is 0 Å². The third-order valence-electron chi connectivity index (χ3n) is 0.979. The number of aryl methyl sites for hydroxylation is 1. The Balaban J connectivity index is 2.93. The SMILES string of the molecule is Cc1ncc(C(=O)N=C=S)s1. The van der Waals surface area contributed by atoms with Crippen LogP contribution in [0, 0.1) is 6.92 Å². The Kier molecular flexibility index (Phi) is 2.59. The summed E-state index contributed by atoms with van der Waals surface area (Å²) in [4.78, 5) is 18.6. The van der Waals surface area contributed by atoms with Gasteiger partial charge in [-0.2, -0.15) is 4.99 Å². The summed E-state index contributed by atoms with van der Waals surface area (Å²) in [7, 11) is 0. The number of amides is 1. The van der Waals surface area contributed by atoms with E-state index in [-0.39, 0.29) is 5.91 Å². The Hall–Kier alpha value is -0.900. The van der Waals surface area contributed by atoms with E-state index >= 15 is 0 Å². The van der Waals surface area contributed by atoms with E-state index < -0.39 is 0 Å². The predicted molar refractivity (Wildman–Crippen MR) is 46.2 cm³/mol. The molecule has 0 bridgehead atoms. The number of rotatable bonds is 1. The van der Waals surface area contributed by atoms with E-state index in [1.54, 1.807) is 0 Å². The Labute approximate surface area is 72.8 Å². The number of aromatic nitrogens is 1. The van der Waals surface area contributed by atoms with Crippen LogP contribution in [0.15, 0.2) is 11.2 Å². The normalized spacial score (nSPS) is 8.82. The minimum Gasteiger partial charge on any atom is -0.265 e. The Morgan fingerprint density at radius 2 is 2.64 bits per heavy atom. The van der Waals surface area contributed by atoms with Crippen LogP contribution in [0.25, 0.3) is 0 Å². The zero-order chi connectivity index (χ0) is 8.27. The summed E-state index contributed by atoms with van der Waals surface area (Å²) < 4.78 is 0. The fourth-order valence-electron chi connectivity index (χ4n) is 0.557. The molecule has 0 aliphatic carbocycles. The Morgan fingerprint density at radius 3 is 3.09 bits per heavy atom. The zero-order valence-electron chi connectivity index (χ0n) is 5.70. The fraction of sp³-hybridized carbons (Fsp3) is 0.167. The van der Waals surface area contributed by atoms with Gasteiger partial charge in [0, 0.05) is 0 Å². The number of thiocarbonyl (C=S) groups is 1. The Bertz CT molecular complexity index is 325. The molecule has 11 heavy (non-hydrogen) atoms. The first-order chi connectivity index (χ1) is 5.24. The number of hydrogen-bond acceptors (Lipinski definition) is 4. The van der Waals surface area contributed by atoms with Crippen molar-refractivity contribution in [3.8, 4) is 0 Å². The number of isothiocyanates is 1. The average Bonchev–Trinajstić information content (AvgIpc) is 2.36. The Morgan fingerprint density at radius 1 is 1.91 bits per heavy atom. The van der Waals surface area contributed by atoms with Crippen LogP contribution in [-0.2, 0) is 0 Å². The van der Waals surface area contributed by atoms with Gasteiger partial charge >= 0.3 is 0 Å². The van der Waals surface area contributed by atoms with Crippen LogP contribution >= 0.6 is 23.6 Å². The number of nitrogens with zero attached hydrogens (tertiary/aromatic N) is 2. The molecule has 0 fully saturated rings. The number of hydrogen-bond donors (Lipinski definition) is 0. The first kappa shape index (κ1) is 8.20. The predicted octanol–water partition coefficient (Wildman–Crippen LogP) is 1.69. The highest BCUT2D eigenvalue weighted by atomic mass is 32.1. The van der Waals surface area contributed by atoms with Crippen LogP contribution in [0.5, 0.6) is 0 Å². The van der Waals surface area contributed by atoms with Gasteiger partial charge in [-0.15, -0.1) is 11.3 Å². The molecule has 0 saturated carbocycles. The zero-order valence-corrected chi connectivity index (χ0v) is 7.33. The van der Waals surface area contributed by atoms with Gasteiger partial charge in [-0.1, -0.05) is 0 Å². The van der Waals surface area contributed by atoms with E-state index in [4.69, 9.17) is 0 Å². The lowest BCUT2D eigenvalue weighted by atomic mass is 10.5. The lowest BCUT2D eigenvalue weighted by Crippen LogP contribution is -1.87. The molecule has 0 aliphatic rings. The largest absolute Gasteiger partial charge is 0.297 e. The maximum absolute atomic E-state index is 10.9. The van der Waals surface area contributed by atoms with Crippen molar-refractivity contribution in [2.45, 2.75) is 6.92 Å². The molecule has 0 spiro atoms. The summed E-state index contributed by atoms with van der Waals surface area (Å²) in [6, 6.07) is 0. The molecule has 0 radical (unpaired) electrons. The van der Waals surface area contributed by atoms with Crippen LogP contribution in [0.4, 0.5) is 0 Å². The van der Waals surface area contributed by atoms with Gasteiger partial charge in [0.05, 0.1) is 16.4 Å². The minimum atomic E-state index is -0.370. The molecule has 0 aliphatic heterocycles. The van der Waals surface area contributed by atoms with Gasteiger partial charge in [0.1, 0.15) is 4.88 Å². The molecule has 0 saturated heterocycles. The second-order valence-electron chi connectivity index (χ2n) is 1.75. The third-order valence-corrected chi connectivity index (χ3v) is 1.97. The van der Waals surface area contributed by atoms with Gasteiger partial charge in [0.15, 0.2) is 0 Å². The molecule has 1 aromatic heterocycles. The van der Waals surface area contributed by atoms with Gasteiger partial charge in [-0.05, 0) is 19.1 Å². The van der Waals surface area contributed by atoms with Crippen molar-refractivity contribution in [2.24, 2.45) is 4.99 Å². The van der Waals surface area contributed by atoms with Crippen molar-refractivity contribution in [3.63, 3.8) is 0 Å². The van der Waals surface area contributed by atoms with Gasteiger partial charge in [-0.25, -0.2) is 4.98 Å². The summed E-state index contributed by atoms with van der Waals surface area (Å²) >= 11 is 5.58. The monoisotopic (exact) mass is 184 g/mol. The van der Waals surface area contributed by atoms with E-state index in [1.807, 2.05) is 12.1 Å². The minimum absolute atomic E-state index is 0.370. The number of thiazole rings is 1. The molecule has 0 aromatic carbocycles. The second-order valence-corrected chi connectivity index (χ2v) is 3.17. The average molecular weight is 184 g/mol. The molecule has 0 atom stereocenters. The molecule has 3 nitrogen and oxygen atoms in total. The maximum atomic E-state index is 10.9. The van der Waals surface area contributed by atoms with E-state index in [2.05, 4.69) is 22.2 Å². The van der Waals surface area contributed by atoms with E-state index in [9.17, 15) is 4.79 Å². The highest BCUT2D eigenvalue weighted by Gasteiger charge is 2.05. The molecule has 5 heteroatoms. The maximum Gasteiger partial charge on any atom is 0.297 e. The van der Waals surface area contributed by atoms with Gasteiger partial charge in [0.2, 0.25) is 0 Å². The lowest BCUT2D eigenvalue weighted by Gasteiger charge is -1.80. The first-order valence-electron chi connectivity index (χ1n) is 2.78. The fourth-order valence-corrected chi connectivity index (χ4v) is 1.30. The topological polar surface area (TPSA) is 42.3 Å². The highest BCUT2D eigenvalue weighted by Crippen LogP contribution is 2.11. The van der Waals surface area contributed by atoms with Crippen molar-refractivity contribution >= 4 is 34.6 Å². The second kappa shape index (κ2) is 3.48. The van der Waals surface area contributed by atoms with Crippen molar-refractivity contribution in [3.05, 3.63) is 16.1 Å². The molecular weight excluding hydrogens is 180 g/mol. The lowest BCUT2D eigenvalue weighted by molar-refractivity contribution is 0.101. The molecule has 1 heterocycles. The molecular formula is C6H4N2OS2. The molecule has 1 aromatic rings. The van der Waals surface area contributed by atoms with Gasteiger partial charge in [-0.3, -0.25) is 4.79 Å². The smallest absolute Gasteiger partial charge is 0.265 e. The summed E-state index contributed by atoms with van der Waals surface area (Å²) in [5, 5.41) is 2.85. The molecule has 56 valence electrons. The van der Waals surface area contributed by atoms with E-state index in [1.165, 1.54) is 17.5 Å². The van der Waals surface area contributed by atoms with Crippen molar-refractivity contribution in [2.75, 3.05) is 0 Å². The van der Waals surface area contributed by atoms with Crippen molar-refractivity contribution in [1.29, 1.82) is 0 Å². The summed E-state index contributed by atoms with van der Waals surface area (Å²) in [5.74, 6) is -0.370. The molecule has 1 amide bonds. The number of aliphatic imine (C=N–C) groups is 1. The van der Waals surface area contributed by atoms with Crippen LogP contribution in [0.3, 0.4) is 0 Å². The quantitative estimate of drug-likeness (QED) is 0.492. The van der Waals surface area contributed by atoms with Crippen LogP contribution in [0.2, 0.25) is 0 Å². The highest BCUT2D eigenvalue weighted by molar-refractivity contribution is 7.78. The molecule has 0 N–H and O–H groups in total. The van der Waals surface area contributed by atoms with Gasteiger partial charge < -0.3 is 0 Å². The van der Waals surface area contributed by atoms with Crippen molar-refractivity contribution < 1.29 is 4.79 Å². The van der Waals surface area contributed by atoms with Crippen LogP contribution in [-0.4, -0.2) is 16.1 Å². The van der Waals surface area contributed by atoms with Crippen molar-refractivity contribution in [1.82, 2.24) is 4.98 Å². The summed E-state index contributed by atoms with van der Waals surface area (Å²) in [6.45, 7) is 1.82. The summed E-state index contributed by atoms with van der Waals surface area (Å²) in [6.07, 6.45) is 1.48.